The van der Waals surface area contributed by atoms with Gasteiger partial charge in [0.2, 0.25) is 6.29 Å². The van der Waals surface area contributed by atoms with Gasteiger partial charge in [0, 0.05) is 17.9 Å². The average molecular weight is 1060 g/mol. The molecule has 21 heteroatoms. The number of rotatable bonds is 11. The van der Waals surface area contributed by atoms with Crippen molar-refractivity contribution in [1.29, 1.82) is 0 Å². The monoisotopic (exact) mass is 1060 g/mol. The van der Waals surface area contributed by atoms with Gasteiger partial charge in [-0.15, -0.1) is 0 Å². The number of hydrogen-bond acceptors (Lipinski definition) is 21. The Labute approximate surface area is 433 Å². The van der Waals surface area contributed by atoms with E-state index in [1.54, 1.807) is 0 Å². The SMILES string of the molecule is C[C@@H]1O[C@@H](O[C@H]2[C@H](OC(=O)[C@@]34CC[C@@H]5[C@H](CC[C@H]6[C@@]7(C)CC[C@H](O[C@@H]8C[C@H](CO)[C@@H](O)[C@H](O)[C@H]8O)[C@@](C)(CO)[C@H]7CC[C@]65C)[C@@H]3CC(C)(C)CC4)O[C@H](CO[C@@H]3OC[C@@H](O)[C@H](O)[C@H]3O)[C@@H](O)[C@@H]2O)[C@H](O)[C@H](O)[C@H]1O. The zero-order valence-electron chi connectivity index (χ0n) is 43.8. The number of fused-ring (bicyclic) bond motifs is 7. The standard InChI is InChI=1S/C53H88O21/c1-23-34(57)39(62)43(66)46(70-23)73-44-41(64)38(61)30(21-69-45-42(65)36(59)28(56)20-68-45)72-47(44)74-48(67)53-14-9-26-25(27(53)18-49(2,3)15-16-53)7-8-31-50(26,4)12-10-32-51(31,5)13-11-33(52(32,6)22-55)71-29-17-24(19-54)35(58)40(63)37(29)60/h23-47,54-66H,7-22H2,1-6H3/t23-,24+,25-,26+,27-,28+,29+,30+,31+,32-,33-,34-,35+,36-,37-,38+,39+,40-,41-,42+,43+,44+,45-,46-,47-,50-,51+,52-,53+/m0/s1. The van der Waals surface area contributed by atoms with Crippen molar-refractivity contribution in [2.24, 2.45) is 62.6 Å². The molecule has 0 spiro atoms. The van der Waals surface area contributed by atoms with Gasteiger partial charge in [-0.2, -0.15) is 0 Å². The largest absolute Gasteiger partial charge is 0.432 e. The minimum Gasteiger partial charge on any atom is -0.432 e. The first kappa shape index (κ1) is 57.4. The topological polar surface area (TPSA) is 345 Å². The highest BCUT2D eigenvalue weighted by atomic mass is 16.8. The number of ether oxygens (including phenoxy) is 7. The molecule has 74 heavy (non-hydrogen) atoms. The Bertz CT molecular complexity index is 1950. The van der Waals surface area contributed by atoms with Crippen LogP contribution in [0.1, 0.15) is 119 Å². The van der Waals surface area contributed by atoms with E-state index in [2.05, 4.69) is 34.6 Å². The summed E-state index contributed by atoms with van der Waals surface area (Å²) in [6, 6.07) is 0. The van der Waals surface area contributed by atoms with Gasteiger partial charge in [0.25, 0.3) is 0 Å². The van der Waals surface area contributed by atoms with E-state index in [0.29, 0.717) is 19.3 Å². The van der Waals surface area contributed by atoms with E-state index in [1.807, 2.05) is 0 Å². The third-order valence-corrected chi connectivity index (χ3v) is 21.4. The Hall–Kier alpha value is -1.29. The zero-order valence-corrected chi connectivity index (χ0v) is 43.8. The van der Waals surface area contributed by atoms with Crippen LogP contribution < -0.4 is 0 Å². The number of esters is 1. The fourth-order valence-corrected chi connectivity index (χ4v) is 17.0. The molecule has 0 aromatic carbocycles. The van der Waals surface area contributed by atoms with Crippen LogP contribution in [0, 0.1) is 62.6 Å². The van der Waals surface area contributed by atoms with Gasteiger partial charge in [0.15, 0.2) is 18.7 Å². The molecule has 13 N–H and O–H groups in total. The second kappa shape index (κ2) is 21.3. The van der Waals surface area contributed by atoms with Crippen LogP contribution in [-0.2, 0) is 38.0 Å². The average Bonchev–Trinajstić information content (AvgIpc) is 3.36. The van der Waals surface area contributed by atoms with Gasteiger partial charge < -0.3 is 99.5 Å². The van der Waals surface area contributed by atoms with Crippen molar-refractivity contribution in [2.45, 2.75) is 235 Å². The fraction of sp³-hybridized carbons (Fsp3) is 0.981. The lowest BCUT2D eigenvalue weighted by Crippen LogP contribution is -2.66. The first-order chi connectivity index (χ1) is 34.8. The van der Waals surface area contributed by atoms with Crippen molar-refractivity contribution in [3.8, 4) is 0 Å². The summed E-state index contributed by atoms with van der Waals surface area (Å²) in [7, 11) is 0. The Morgan fingerprint density at radius 3 is 2.00 bits per heavy atom. The fourth-order valence-electron chi connectivity index (χ4n) is 17.0. The Kier molecular flexibility index (Phi) is 16.5. The predicted molar refractivity (Wildman–Crippen MR) is 255 cm³/mol. The molecule has 0 aromatic heterocycles. The normalized spacial score (nSPS) is 55.5. The molecule has 6 aliphatic carbocycles. The zero-order chi connectivity index (χ0) is 53.8. The molecule has 0 unspecified atom stereocenters. The summed E-state index contributed by atoms with van der Waals surface area (Å²) in [6.45, 7) is 11.4. The number of aliphatic hydroxyl groups excluding tert-OH is 13. The maximum absolute atomic E-state index is 15.5. The van der Waals surface area contributed by atoms with Crippen LogP contribution in [-0.4, -0.2) is 215 Å². The molecule has 0 radical (unpaired) electrons. The number of carbonyl (C=O) groups excluding carboxylic acids is 1. The third-order valence-electron chi connectivity index (χ3n) is 21.4. The van der Waals surface area contributed by atoms with Crippen LogP contribution >= 0.6 is 0 Å². The molecule has 426 valence electrons. The Balaban J connectivity index is 0.955. The van der Waals surface area contributed by atoms with Crippen LogP contribution in [0.4, 0.5) is 0 Å². The highest BCUT2D eigenvalue weighted by molar-refractivity contribution is 5.78. The molecule has 3 heterocycles. The molecule has 21 nitrogen and oxygen atoms in total. The highest BCUT2D eigenvalue weighted by Crippen LogP contribution is 2.73. The number of aliphatic hydroxyl groups is 13. The van der Waals surface area contributed by atoms with Crippen molar-refractivity contribution in [2.75, 3.05) is 26.4 Å². The van der Waals surface area contributed by atoms with Gasteiger partial charge in [0.1, 0.15) is 67.1 Å². The third kappa shape index (κ3) is 9.65. The number of carbonyl (C=O) groups is 1. The van der Waals surface area contributed by atoms with Crippen LogP contribution in [0.3, 0.4) is 0 Å². The van der Waals surface area contributed by atoms with Crippen molar-refractivity contribution in [3.05, 3.63) is 0 Å². The molecule has 9 rings (SSSR count). The van der Waals surface area contributed by atoms with Gasteiger partial charge in [-0.05, 0) is 130 Å². The molecule has 3 saturated heterocycles. The summed E-state index contributed by atoms with van der Waals surface area (Å²) in [6.07, 6.45) is -19.4. The lowest BCUT2D eigenvalue weighted by Gasteiger charge is -2.70. The van der Waals surface area contributed by atoms with E-state index in [9.17, 15) is 66.4 Å². The second-order valence-corrected chi connectivity index (χ2v) is 26.0. The summed E-state index contributed by atoms with van der Waals surface area (Å²) in [5, 5.41) is 140. The first-order valence-electron chi connectivity index (χ1n) is 27.5. The Morgan fingerprint density at radius 2 is 1.30 bits per heavy atom. The van der Waals surface area contributed by atoms with E-state index < -0.39 is 146 Å². The molecule has 3 aliphatic heterocycles. The van der Waals surface area contributed by atoms with Crippen LogP contribution in [0.5, 0.6) is 0 Å². The highest BCUT2D eigenvalue weighted by Gasteiger charge is 2.69. The van der Waals surface area contributed by atoms with Gasteiger partial charge in [-0.25, -0.2) is 0 Å². The van der Waals surface area contributed by atoms with Gasteiger partial charge in [-0.3, -0.25) is 4.79 Å². The second-order valence-electron chi connectivity index (χ2n) is 26.0. The summed E-state index contributed by atoms with van der Waals surface area (Å²) >= 11 is 0. The molecule has 0 aromatic rings. The lowest BCUT2D eigenvalue weighted by molar-refractivity contribution is -0.365. The number of hydrogen-bond donors (Lipinski definition) is 13. The summed E-state index contributed by atoms with van der Waals surface area (Å²) in [5.74, 6) is -0.602. The van der Waals surface area contributed by atoms with E-state index in [1.165, 1.54) is 6.92 Å². The van der Waals surface area contributed by atoms with Gasteiger partial charge in [-0.1, -0.05) is 34.6 Å². The predicted octanol–water partition coefficient (Wildman–Crippen LogP) is -1.04. The molecule has 9 aliphatic rings. The molecular formula is C53H88O21. The van der Waals surface area contributed by atoms with Crippen LogP contribution in [0.25, 0.3) is 0 Å². The smallest absolute Gasteiger partial charge is 0.314 e. The Morgan fingerprint density at radius 1 is 0.608 bits per heavy atom. The summed E-state index contributed by atoms with van der Waals surface area (Å²) in [5.41, 5.74) is -2.09. The van der Waals surface area contributed by atoms with Crippen molar-refractivity contribution in [3.63, 3.8) is 0 Å². The van der Waals surface area contributed by atoms with Crippen molar-refractivity contribution in [1.82, 2.24) is 0 Å². The maximum Gasteiger partial charge on any atom is 0.314 e. The van der Waals surface area contributed by atoms with E-state index in [4.69, 9.17) is 33.2 Å². The van der Waals surface area contributed by atoms with Crippen LogP contribution in [0.2, 0.25) is 0 Å². The van der Waals surface area contributed by atoms with E-state index >= 15 is 4.79 Å². The minimum absolute atomic E-state index is 0.0645. The van der Waals surface area contributed by atoms with Gasteiger partial charge >= 0.3 is 5.97 Å². The summed E-state index contributed by atoms with van der Waals surface area (Å²) in [4.78, 5) is 15.5. The van der Waals surface area contributed by atoms with Crippen LogP contribution in [0.15, 0.2) is 0 Å². The van der Waals surface area contributed by atoms with E-state index in [0.717, 1.165) is 51.4 Å². The maximum atomic E-state index is 15.5. The molecular weight excluding hydrogens is 973 g/mol. The van der Waals surface area contributed by atoms with Crippen molar-refractivity contribution >= 4 is 5.97 Å². The quantitative estimate of drug-likeness (QED) is 0.110. The van der Waals surface area contributed by atoms with Crippen molar-refractivity contribution < 1.29 is 104 Å². The molecule has 0 bridgehead atoms. The van der Waals surface area contributed by atoms with E-state index in [-0.39, 0.29) is 72.1 Å². The lowest BCUT2D eigenvalue weighted by atomic mass is 9.35. The molecule has 29 atom stereocenters. The molecule has 0 amide bonds. The summed E-state index contributed by atoms with van der Waals surface area (Å²) < 4.78 is 42.3. The van der Waals surface area contributed by atoms with Gasteiger partial charge in [0.05, 0.1) is 49.7 Å². The minimum atomic E-state index is -1.87. The molecule has 6 saturated carbocycles. The first-order valence-corrected chi connectivity index (χ1v) is 27.5. The molecule has 9 fully saturated rings.